The fourth-order valence-corrected chi connectivity index (χ4v) is 2.64. The third kappa shape index (κ3) is 1.94. The summed E-state index contributed by atoms with van der Waals surface area (Å²) in [7, 11) is 0. The first-order valence-electron chi connectivity index (χ1n) is 6.27. The van der Waals surface area contributed by atoms with Crippen molar-refractivity contribution < 1.29 is 5.11 Å². The Labute approximate surface area is 106 Å². The Bertz CT molecular complexity index is 548. The van der Waals surface area contributed by atoms with E-state index in [1.807, 2.05) is 22.9 Å². The Balaban J connectivity index is 1.94. The van der Waals surface area contributed by atoms with Crippen LogP contribution in [-0.4, -0.2) is 21.0 Å². The summed E-state index contributed by atoms with van der Waals surface area (Å²) in [6, 6.07) is 10.2. The highest BCUT2D eigenvalue weighted by Gasteiger charge is 2.27. The number of fused-ring (bicyclic) bond motifs is 1. The molecule has 1 unspecified atom stereocenters. The van der Waals surface area contributed by atoms with Crippen LogP contribution in [0.5, 0.6) is 0 Å². The number of aromatic nitrogens is 2. The van der Waals surface area contributed by atoms with Crippen LogP contribution in [-0.2, 0) is 25.9 Å². The summed E-state index contributed by atoms with van der Waals surface area (Å²) in [4.78, 5) is 0. The molecule has 1 atom stereocenters. The van der Waals surface area contributed by atoms with Gasteiger partial charge in [-0.2, -0.15) is 5.10 Å². The average Bonchev–Trinajstić information content (AvgIpc) is 2.90. The molecule has 0 bridgehead atoms. The van der Waals surface area contributed by atoms with Crippen LogP contribution in [0.15, 0.2) is 30.3 Å². The molecule has 1 aliphatic rings. The summed E-state index contributed by atoms with van der Waals surface area (Å²) in [5.74, 6) is 0. The van der Waals surface area contributed by atoms with Crippen molar-refractivity contribution in [3.63, 3.8) is 0 Å². The van der Waals surface area contributed by atoms with Crippen LogP contribution in [0.1, 0.15) is 22.5 Å². The molecular weight excluding hydrogens is 226 g/mol. The predicted octanol–water partition coefficient (Wildman–Crippen LogP) is 0.850. The van der Waals surface area contributed by atoms with E-state index < -0.39 is 0 Å². The lowest BCUT2D eigenvalue weighted by molar-refractivity contribution is 0.184. The molecule has 0 aliphatic heterocycles. The molecule has 1 aromatic heterocycles. The van der Waals surface area contributed by atoms with Gasteiger partial charge in [-0.15, -0.1) is 0 Å². The molecule has 0 fully saturated rings. The molecule has 1 aromatic carbocycles. The topological polar surface area (TPSA) is 64.1 Å². The molecule has 0 saturated heterocycles. The monoisotopic (exact) mass is 243 g/mol. The number of nitrogens with two attached hydrogens (primary N) is 1. The van der Waals surface area contributed by atoms with Crippen LogP contribution in [0.4, 0.5) is 0 Å². The van der Waals surface area contributed by atoms with Gasteiger partial charge in [-0.1, -0.05) is 30.3 Å². The number of rotatable bonds is 3. The minimum Gasteiger partial charge on any atom is -0.392 e. The van der Waals surface area contributed by atoms with Gasteiger partial charge in [0.15, 0.2) is 0 Å². The maximum absolute atomic E-state index is 9.77. The van der Waals surface area contributed by atoms with Gasteiger partial charge >= 0.3 is 0 Å². The normalized spacial score (nSPS) is 18.0. The van der Waals surface area contributed by atoms with Gasteiger partial charge in [0, 0.05) is 30.6 Å². The van der Waals surface area contributed by atoms with Crippen molar-refractivity contribution in [2.24, 2.45) is 5.73 Å². The molecule has 2 aromatic rings. The lowest BCUT2D eigenvalue weighted by Gasteiger charge is -2.06. The van der Waals surface area contributed by atoms with Crippen molar-refractivity contribution in [2.45, 2.75) is 32.0 Å². The number of aliphatic hydroxyl groups is 1. The summed E-state index contributed by atoms with van der Waals surface area (Å²) < 4.78 is 1.99. The van der Waals surface area contributed by atoms with E-state index in [0.29, 0.717) is 19.4 Å². The highest BCUT2D eigenvalue weighted by molar-refractivity contribution is 5.33. The second kappa shape index (κ2) is 4.55. The lowest BCUT2D eigenvalue weighted by atomic mass is 10.2. The predicted molar refractivity (Wildman–Crippen MR) is 69.1 cm³/mol. The minimum atomic E-state index is -0.273. The van der Waals surface area contributed by atoms with Crippen LogP contribution < -0.4 is 5.73 Å². The summed E-state index contributed by atoms with van der Waals surface area (Å²) in [5, 5.41) is 14.3. The smallest absolute Gasteiger partial charge is 0.0796 e. The molecule has 3 N–H and O–H groups in total. The Hall–Kier alpha value is -1.65. The molecular formula is C14H17N3O. The summed E-state index contributed by atoms with van der Waals surface area (Å²) in [6.07, 6.45) is 1.11. The third-order valence-electron chi connectivity index (χ3n) is 3.49. The molecule has 0 spiro atoms. The Morgan fingerprint density at radius 2 is 2.06 bits per heavy atom. The maximum Gasteiger partial charge on any atom is 0.0796 e. The summed E-state index contributed by atoms with van der Waals surface area (Å²) in [5.41, 5.74) is 10.2. The SMILES string of the molecule is NCc1nn(Cc2ccccc2)c2c1CC(O)C2. The van der Waals surface area contributed by atoms with Gasteiger partial charge in [-0.3, -0.25) is 4.68 Å². The van der Waals surface area contributed by atoms with E-state index in [4.69, 9.17) is 5.73 Å². The lowest BCUT2D eigenvalue weighted by Crippen LogP contribution is -2.12. The highest BCUT2D eigenvalue weighted by Crippen LogP contribution is 2.26. The van der Waals surface area contributed by atoms with Crippen LogP contribution >= 0.6 is 0 Å². The molecule has 4 heteroatoms. The maximum atomic E-state index is 9.77. The van der Waals surface area contributed by atoms with E-state index in [9.17, 15) is 5.11 Å². The highest BCUT2D eigenvalue weighted by atomic mass is 16.3. The van der Waals surface area contributed by atoms with Gasteiger partial charge in [-0.05, 0) is 5.56 Å². The van der Waals surface area contributed by atoms with Crippen molar-refractivity contribution in [3.05, 3.63) is 52.8 Å². The van der Waals surface area contributed by atoms with Crippen molar-refractivity contribution in [2.75, 3.05) is 0 Å². The van der Waals surface area contributed by atoms with Crippen LogP contribution in [0.3, 0.4) is 0 Å². The van der Waals surface area contributed by atoms with Crippen LogP contribution in [0, 0.1) is 0 Å². The number of nitrogens with zero attached hydrogens (tertiary/aromatic N) is 2. The van der Waals surface area contributed by atoms with Crippen molar-refractivity contribution in [3.8, 4) is 0 Å². The molecule has 94 valence electrons. The van der Waals surface area contributed by atoms with Crippen molar-refractivity contribution in [1.29, 1.82) is 0 Å². The van der Waals surface area contributed by atoms with E-state index in [0.717, 1.165) is 23.5 Å². The fourth-order valence-electron chi connectivity index (χ4n) is 2.64. The van der Waals surface area contributed by atoms with E-state index in [1.54, 1.807) is 0 Å². The molecule has 1 aliphatic carbocycles. The Morgan fingerprint density at radius 3 is 2.78 bits per heavy atom. The fraction of sp³-hybridized carbons (Fsp3) is 0.357. The largest absolute Gasteiger partial charge is 0.392 e. The number of benzene rings is 1. The van der Waals surface area contributed by atoms with E-state index in [2.05, 4.69) is 17.2 Å². The average molecular weight is 243 g/mol. The molecule has 0 radical (unpaired) electrons. The number of hydrogen-bond acceptors (Lipinski definition) is 3. The van der Waals surface area contributed by atoms with Crippen molar-refractivity contribution in [1.82, 2.24) is 9.78 Å². The summed E-state index contributed by atoms with van der Waals surface area (Å²) in [6.45, 7) is 1.19. The first-order valence-corrected chi connectivity index (χ1v) is 6.27. The Morgan fingerprint density at radius 1 is 1.28 bits per heavy atom. The van der Waals surface area contributed by atoms with Crippen LogP contribution in [0.25, 0.3) is 0 Å². The van der Waals surface area contributed by atoms with E-state index in [1.165, 1.54) is 5.56 Å². The first-order chi connectivity index (χ1) is 8.78. The van der Waals surface area contributed by atoms with Gasteiger partial charge in [-0.25, -0.2) is 0 Å². The molecule has 0 amide bonds. The third-order valence-corrected chi connectivity index (χ3v) is 3.49. The molecule has 0 saturated carbocycles. The van der Waals surface area contributed by atoms with Gasteiger partial charge in [0.2, 0.25) is 0 Å². The molecule has 18 heavy (non-hydrogen) atoms. The van der Waals surface area contributed by atoms with Gasteiger partial charge in [0.1, 0.15) is 0 Å². The molecule has 1 heterocycles. The summed E-state index contributed by atoms with van der Waals surface area (Å²) >= 11 is 0. The standard InChI is InChI=1S/C14H17N3O/c15-8-13-12-6-11(18)7-14(12)17(16-13)9-10-4-2-1-3-5-10/h1-5,11,18H,6-9,15H2. The first kappa shape index (κ1) is 11.4. The van der Waals surface area contributed by atoms with E-state index >= 15 is 0 Å². The molecule has 3 rings (SSSR count). The minimum absolute atomic E-state index is 0.273. The number of aliphatic hydroxyl groups excluding tert-OH is 1. The van der Waals surface area contributed by atoms with Crippen LogP contribution in [0.2, 0.25) is 0 Å². The van der Waals surface area contributed by atoms with Gasteiger partial charge in [0.05, 0.1) is 18.3 Å². The zero-order chi connectivity index (χ0) is 12.5. The van der Waals surface area contributed by atoms with Crippen molar-refractivity contribution >= 4 is 0 Å². The molecule has 4 nitrogen and oxygen atoms in total. The zero-order valence-electron chi connectivity index (χ0n) is 10.2. The Kier molecular flexibility index (Phi) is 2.89. The van der Waals surface area contributed by atoms with Gasteiger partial charge in [0.25, 0.3) is 0 Å². The van der Waals surface area contributed by atoms with Gasteiger partial charge < -0.3 is 10.8 Å². The quantitative estimate of drug-likeness (QED) is 0.840. The number of hydrogen-bond donors (Lipinski definition) is 2. The zero-order valence-corrected chi connectivity index (χ0v) is 10.2. The second-order valence-corrected chi connectivity index (χ2v) is 4.78. The van der Waals surface area contributed by atoms with E-state index in [-0.39, 0.29) is 6.10 Å². The second-order valence-electron chi connectivity index (χ2n) is 4.78.